The van der Waals surface area contributed by atoms with Crippen molar-refractivity contribution in [1.82, 2.24) is 20.2 Å². The summed E-state index contributed by atoms with van der Waals surface area (Å²) in [6.07, 6.45) is 13.6. The standard InChI is InChI=1S/C27H42N4O/c1-17(2)7-6-8-18(3)21-9-10-22-25-23(12-14-27(21,22)5)26(4)13-11-20(32)15-19(26)16-24-28-29-30-31(24)25/h15,17-18,21-23,25H,6-14,16H2,1-5H3. The van der Waals surface area contributed by atoms with Crippen LogP contribution in [0.1, 0.15) is 104 Å². The lowest BCUT2D eigenvalue weighted by atomic mass is 9.52. The van der Waals surface area contributed by atoms with E-state index in [-0.39, 0.29) is 11.2 Å². The minimum absolute atomic E-state index is 0.0866. The Hall–Kier alpha value is -1.52. The van der Waals surface area contributed by atoms with Crippen molar-refractivity contribution in [3.05, 3.63) is 17.5 Å². The normalized spacial score (nSPS) is 39.6. The molecule has 32 heavy (non-hydrogen) atoms. The fourth-order valence-corrected chi connectivity index (χ4v) is 8.54. The number of hydrogen-bond acceptors (Lipinski definition) is 4. The van der Waals surface area contributed by atoms with Gasteiger partial charge in [0.2, 0.25) is 0 Å². The Morgan fingerprint density at radius 1 is 1.09 bits per heavy atom. The Balaban J connectivity index is 1.47. The van der Waals surface area contributed by atoms with Gasteiger partial charge in [0.15, 0.2) is 11.6 Å². The van der Waals surface area contributed by atoms with Gasteiger partial charge >= 0.3 is 0 Å². The van der Waals surface area contributed by atoms with Crippen molar-refractivity contribution in [2.45, 2.75) is 105 Å². The quantitative estimate of drug-likeness (QED) is 0.568. The first kappa shape index (κ1) is 22.3. The molecule has 5 nitrogen and oxygen atoms in total. The highest BCUT2D eigenvalue weighted by atomic mass is 16.1. The first-order chi connectivity index (χ1) is 15.2. The third-order valence-corrected chi connectivity index (χ3v) is 10.4. The van der Waals surface area contributed by atoms with Crippen molar-refractivity contribution >= 4 is 5.78 Å². The monoisotopic (exact) mass is 438 g/mol. The van der Waals surface area contributed by atoms with Crippen LogP contribution in [0.5, 0.6) is 0 Å². The minimum atomic E-state index is 0.0866. The molecule has 0 saturated heterocycles. The average Bonchev–Trinajstić information content (AvgIpc) is 3.31. The van der Waals surface area contributed by atoms with Gasteiger partial charge in [-0.3, -0.25) is 4.79 Å². The van der Waals surface area contributed by atoms with Crippen molar-refractivity contribution < 1.29 is 4.79 Å². The molecule has 1 aromatic heterocycles. The Bertz CT molecular complexity index is 903. The van der Waals surface area contributed by atoms with E-state index < -0.39 is 0 Å². The van der Waals surface area contributed by atoms with Crippen molar-refractivity contribution in [3.8, 4) is 0 Å². The van der Waals surface area contributed by atoms with E-state index in [1.54, 1.807) is 0 Å². The Morgan fingerprint density at radius 2 is 1.91 bits per heavy atom. The van der Waals surface area contributed by atoms with Gasteiger partial charge in [-0.15, -0.1) is 5.10 Å². The summed E-state index contributed by atoms with van der Waals surface area (Å²) in [6, 6.07) is 0.371. The largest absolute Gasteiger partial charge is 0.295 e. The van der Waals surface area contributed by atoms with Gasteiger partial charge < -0.3 is 0 Å². The number of rotatable bonds is 5. The summed E-state index contributed by atoms with van der Waals surface area (Å²) in [6.45, 7) is 12.2. The second-order valence-corrected chi connectivity index (χ2v) is 12.5. The number of ketones is 1. The van der Waals surface area contributed by atoms with Crippen LogP contribution in [0.25, 0.3) is 0 Å². The van der Waals surface area contributed by atoms with Crippen LogP contribution in [0.4, 0.5) is 0 Å². The highest BCUT2D eigenvalue weighted by molar-refractivity contribution is 5.91. The maximum Gasteiger partial charge on any atom is 0.155 e. The molecule has 2 heterocycles. The van der Waals surface area contributed by atoms with Crippen LogP contribution in [0.15, 0.2) is 11.6 Å². The van der Waals surface area contributed by atoms with Crippen LogP contribution < -0.4 is 0 Å². The molecule has 0 N–H and O–H groups in total. The number of aromatic nitrogens is 4. The highest BCUT2D eigenvalue weighted by Gasteiger charge is 2.60. The van der Waals surface area contributed by atoms with Crippen LogP contribution in [0.3, 0.4) is 0 Å². The molecule has 176 valence electrons. The van der Waals surface area contributed by atoms with Crippen LogP contribution in [0, 0.1) is 40.4 Å². The van der Waals surface area contributed by atoms with Crippen LogP contribution in [-0.4, -0.2) is 26.0 Å². The molecule has 0 spiro atoms. The minimum Gasteiger partial charge on any atom is -0.295 e. The lowest BCUT2D eigenvalue weighted by Gasteiger charge is -2.54. The zero-order chi connectivity index (χ0) is 22.7. The van der Waals surface area contributed by atoms with E-state index in [2.05, 4.69) is 54.8 Å². The number of tetrazole rings is 1. The molecular weight excluding hydrogens is 396 g/mol. The summed E-state index contributed by atoms with van der Waals surface area (Å²) in [5.41, 5.74) is 1.75. The first-order valence-corrected chi connectivity index (χ1v) is 13.2. The molecule has 1 aliphatic heterocycles. The van der Waals surface area contributed by atoms with Gasteiger partial charge in [0.1, 0.15) is 0 Å². The van der Waals surface area contributed by atoms with Crippen molar-refractivity contribution in [1.29, 1.82) is 0 Å². The van der Waals surface area contributed by atoms with E-state index in [4.69, 9.17) is 0 Å². The van der Waals surface area contributed by atoms with Gasteiger partial charge in [-0.2, -0.15) is 0 Å². The molecule has 0 amide bonds. The predicted molar refractivity (Wildman–Crippen MR) is 126 cm³/mol. The molecule has 4 aliphatic rings. The molecule has 7 atom stereocenters. The molecular formula is C27H42N4O. The molecule has 7 unspecified atom stereocenters. The maximum atomic E-state index is 12.3. The summed E-state index contributed by atoms with van der Waals surface area (Å²) >= 11 is 0. The van der Waals surface area contributed by atoms with E-state index in [0.717, 1.165) is 36.4 Å². The molecule has 3 aliphatic carbocycles. The molecule has 0 radical (unpaired) electrons. The summed E-state index contributed by atoms with van der Waals surface area (Å²) in [5.74, 6) is 4.82. The van der Waals surface area contributed by atoms with Gasteiger partial charge in [-0.1, -0.05) is 59.5 Å². The van der Waals surface area contributed by atoms with Gasteiger partial charge in [0.25, 0.3) is 0 Å². The Labute approximate surface area is 193 Å². The summed E-state index contributed by atoms with van der Waals surface area (Å²) in [5, 5.41) is 13.2. The molecule has 2 fully saturated rings. The van der Waals surface area contributed by atoms with Gasteiger partial charge in [-0.05, 0) is 89.0 Å². The second-order valence-electron chi connectivity index (χ2n) is 12.5. The second kappa shape index (κ2) is 8.06. The van der Waals surface area contributed by atoms with Crippen molar-refractivity contribution in [2.24, 2.45) is 40.4 Å². The van der Waals surface area contributed by atoms with Gasteiger partial charge in [0, 0.05) is 12.8 Å². The van der Waals surface area contributed by atoms with Crippen LogP contribution >= 0.6 is 0 Å². The van der Waals surface area contributed by atoms with Crippen molar-refractivity contribution in [3.63, 3.8) is 0 Å². The van der Waals surface area contributed by atoms with E-state index in [1.165, 1.54) is 50.5 Å². The van der Waals surface area contributed by atoms with Gasteiger partial charge in [0.05, 0.1) is 6.04 Å². The SMILES string of the molecule is CC(C)CCCC(C)C1CCC2C3C(CCC12C)C1(C)CCC(=O)C=C1Cc1nnnn13. The zero-order valence-electron chi connectivity index (χ0n) is 20.8. The third kappa shape index (κ3) is 3.40. The van der Waals surface area contributed by atoms with Crippen LogP contribution in [0.2, 0.25) is 0 Å². The Kier molecular flexibility index (Phi) is 5.61. The van der Waals surface area contributed by atoms with E-state index in [1.807, 2.05) is 6.08 Å². The zero-order valence-corrected chi connectivity index (χ0v) is 20.8. The fourth-order valence-electron chi connectivity index (χ4n) is 8.54. The van der Waals surface area contributed by atoms with E-state index >= 15 is 0 Å². The summed E-state index contributed by atoms with van der Waals surface area (Å²) < 4.78 is 2.22. The van der Waals surface area contributed by atoms with Gasteiger partial charge in [-0.25, -0.2) is 4.68 Å². The molecule has 0 bridgehead atoms. The molecule has 0 aromatic carbocycles. The number of fused-ring (bicyclic) bond motifs is 7. The molecule has 1 aromatic rings. The summed E-state index contributed by atoms with van der Waals surface area (Å²) in [7, 11) is 0. The number of nitrogens with zero attached hydrogens (tertiary/aromatic N) is 4. The topological polar surface area (TPSA) is 60.7 Å². The number of carbonyl (C=O) groups excluding carboxylic acids is 1. The fraction of sp³-hybridized carbons (Fsp3) is 0.852. The highest BCUT2D eigenvalue weighted by Crippen LogP contribution is 2.67. The number of hydrogen-bond donors (Lipinski definition) is 0. The third-order valence-electron chi connectivity index (χ3n) is 10.4. The van der Waals surface area contributed by atoms with E-state index in [0.29, 0.717) is 29.7 Å². The Morgan fingerprint density at radius 3 is 2.69 bits per heavy atom. The lowest BCUT2D eigenvalue weighted by Crippen LogP contribution is -2.48. The molecule has 5 heteroatoms. The van der Waals surface area contributed by atoms with Crippen LogP contribution in [-0.2, 0) is 11.2 Å². The average molecular weight is 439 g/mol. The first-order valence-electron chi connectivity index (χ1n) is 13.2. The number of carbonyl (C=O) groups is 1. The smallest absolute Gasteiger partial charge is 0.155 e. The van der Waals surface area contributed by atoms with E-state index in [9.17, 15) is 4.79 Å². The lowest BCUT2D eigenvalue weighted by molar-refractivity contribution is -0.116. The summed E-state index contributed by atoms with van der Waals surface area (Å²) in [4.78, 5) is 12.3. The predicted octanol–water partition coefficient (Wildman–Crippen LogP) is 5.97. The van der Waals surface area contributed by atoms with Crippen molar-refractivity contribution in [2.75, 3.05) is 0 Å². The maximum absolute atomic E-state index is 12.3. The number of allylic oxidation sites excluding steroid dienone is 2. The molecule has 5 rings (SSSR count). The molecule has 2 saturated carbocycles.